The van der Waals surface area contributed by atoms with Crippen molar-refractivity contribution in [1.29, 1.82) is 0 Å². The summed E-state index contributed by atoms with van der Waals surface area (Å²) in [6.07, 6.45) is 0.708. The van der Waals surface area contributed by atoms with E-state index >= 15 is 0 Å². The molecule has 2 aromatic carbocycles. The molecule has 31 heavy (non-hydrogen) atoms. The standard InChI is InChI=1S/C23H25FN4O2S/c1-5-23(3,4)25-21(29)20(16-8-6-15(2)7-9-16)28(18-12-10-17(24)11-13-18)22(30)19-14-31-27-26-19/h6-14,20H,5H2,1-4H3,(H,25,29)/t20-/m1/s1. The monoisotopic (exact) mass is 440 g/mol. The van der Waals surface area contributed by atoms with E-state index in [9.17, 15) is 14.0 Å². The number of carbonyl (C=O) groups is 2. The first-order valence-electron chi connectivity index (χ1n) is 9.96. The molecule has 6 nitrogen and oxygen atoms in total. The molecule has 0 bridgehead atoms. The van der Waals surface area contributed by atoms with Gasteiger partial charge in [0.1, 0.15) is 11.9 Å². The van der Waals surface area contributed by atoms with Gasteiger partial charge >= 0.3 is 0 Å². The van der Waals surface area contributed by atoms with Gasteiger partial charge in [-0.15, -0.1) is 5.10 Å². The Kier molecular flexibility index (Phi) is 6.80. The van der Waals surface area contributed by atoms with Gasteiger partial charge in [0.2, 0.25) is 5.91 Å². The molecule has 2 amide bonds. The second-order valence-electron chi connectivity index (χ2n) is 7.98. The lowest BCUT2D eigenvalue weighted by Gasteiger charge is -2.34. The van der Waals surface area contributed by atoms with Gasteiger partial charge in [-0.2, -0.15) is 0 Å². The van der Waals surface area contributed by atoms with Crippen molar-refractivity contribution in [3.63, 3.8) is 0 Å². The van der Waals surface area contributed by atoms with E-state index in [0.29, 0.717) is 17.7 Å². The number of halogens is 1. The molecule has 0 unspecified atom stereocenters. The quantitative estimate of drug-likeness (QED) is 0.579. The predicted molar refractivity (Wildman–Crippen MR) is 120 cm³/mol. The molecule has 0 aliphatic heterocycles. The molecule has 8 heteroatoms. The summed E-state index contributed by atoms with van der Waals surface area (Å²) >= 11 is 1.05. The van der Waals surface area contributed by atoms with Gasteiger partial charge in [0.15, 0.2) is 5.69 Å². The lowest BCUT2D eigenvalue weighted by atomic mass is 9.97. The van der Waals surface area contributed by atoms with E-state index < -0.39 is 23.3 Å². The average Bonchev–Trinajstić information content (AvgIpc) is 3.28. The summed E-state index contributed by atoms with van der Waals surface area (Å²) in [5.74, 6) is -1.26. The van der Waals surface area contributed by atoms with E-state index in [-0.39, 0.29) is 11.6 Å². The van der Waals surface area contributed by atoms with Crippen LogP contribution in [0.4, 0.5) is 10.1 Å². The number of aryl methyl sites for hydroxylation is 1. The minimum absolute atomic E-state index is 0.119. The molecule has 0 fully saturated rings. The molecule has 162 valence electrons. The zero-order chi connectivity index (χ0) is 22.6. The van der Waals surface area contributed by atoms with Crippen LogP contribution in [0.25, 0.3) is 0 Å². The second kappa shape index (κ2) is 9.34. The maximum absolute atomic E-state index is 13.6. The van der Waals surface area contributed by atoms with E-state index in [0.717, 1.165) is 17.1 Å². The molecule has 1 atom stereocenters. The van der Waals surface area contributed by atoms with E-state index in [1.165, 1.54) is 34.5 Å². The van der Waals surface area contributed by atoms with Gasteiger partial charge < -0.3 is 5.32 Å². The SMILES string of the molecule is CCC(C)(C)NC(=O)[C@@H](c1ccc(C)cc1)N(C(=O)c1csnn1)c1ccc(F)cc1. The molecule has 0 radical (unpaired) electrons. The predicted octanol–water partition coefficient (Wildman–Crippen LogP) is 4.68. The second-order valence-corrected chi connectivity index (χ2v) is 8.59. The molecule has 0 aliphatic carbocycles. The third-order valence-electron chi connectivity index (χ3n) is 5.15. The molecule has 3 aromatic rings. The molecule has 1 heterocycles. The van der Waals surface area contributed by atoms with Crippen molar-refractivity contribution in [2.45, 2.75) is 45.7 Å². The Morgan fingerprint density at radius 3 is 2.32 bits per heavy atom. The first-order valence-corrected chi connectivity index (χ1v) is 10.8. The molecule has 1 aromatic heterocycles. The van der Waals surface area contributed by atoms with Crippen LogP contribution in [-0.2, 0) is 4.79 Å². The highest BCUT2D eigenvalue weighted by molar-refractivity contribution is 7.03. The summed E-state index contributed by atoms with van der Waals surface area (Å²) < 4.78 is 17.4. The summed E-state index contributed by atoms with van der Waals surface area (Å²) in [5, 5.41) is 8.46. The Hall–Kier alpha value is -3.13. The van der Waals surface area contributed by atoms with Gasteiger partial charge in [-0.1, -0.05) is 41.2 Å². The van der Waals surface area contributed by atoms with Crippen LogP contribution in [0.1, 0.15) is 54.8 Å². The fraction of sp³-hybridized carbons (Fsp3) is 0.304. The summed E-state index contributed by atoms with van der Waals surface area (Å²) in [4.78, 5) is 28.4. The van der Waals surface area contributed by atoms with Crippen molar-refractivity contribution in [3.8, 4) is 0 Å². The smallest absolute Gasteiger partial charge is 0.280 e. The Labute approximate surface area is 185 Å². The van der Waals surface area contributed by atoms with Gasteiger partial charge in [-0.05, 0) is 68.6 Å². The number of amides is 2. The number of hydrogen-bond donors (Lipinski definition) is 1. The van der Waals surface area contributed by atoms with Crippen LogP contribution in [0.15, 0.2) is 53.9 Å². The van der Waals surface area contributed by atoms with Gasteiger partial charge in [-0.25, -0.2) is 4.39 Å². The van der Waals surface area contributed by atoms with Crippen molar-refractivity contribution in [3.05, 3.63) is 76.5 Å². The van der Waals surface area contributed by atoms with Crippen LogP contribution in [-0.4, -0.2) is 26.9 Å². The maximum Gasteiger partial charge on any atom is 0.280 e. The highest BCUT2D eigenvalue weighted by Gasteiger charge is 2.36. The molecular formula is C23H25FN4O2S. The number of benzene rings is 2. The van der Waals surface area contributed by atoms with Gasteiger partial charge in [0, 0.05) is 16.6 Å². The Balaban J connectivity index is 2.15. The summed E-state index contributed by atoms with van der Waals surface area (Å²) in [5.41, 5.74) is 1.69. The van der Waals surface area contributed by atoms with E-state index in [4.69, 9.17) is 0 Å². The Morgan fingerprint density at radius 2 is 1.77 bits per heavy atom. The lowest BCUT2D eigenvalue weighted by Crippen LogP contribution is -2.50. The lowest BCUT2D eigenvalue weighted by molar-refractivity contribution is -0.124. The zero-order valence-corrected chi connectivity index (χ0v) is 18.7. The van der Waals surface area contributed by atoms with Crippen LogP contribution >= 0.6 is 11.5 Å². The van der Waals surface area contributed by atoms with Crippen LogP contribution in [0, 0.1) is 12.7 Å². The highest BCUT2D eigenvalue weighted by atomic mass is 32.1. The van der Waals surface area contributed by atoms with Crippen LogP contribution in [0.5, 0.6) is 0 Å². The van der Waals surface area contributed by atoms with Gasteiger partial charge in [0.05, 0.1) is 0 Å². The van der Waals surface area contributed by atoms with Crippen LogP contribution < -0.4 is 10.2 Å². The largest absolute Gasteiger partial charge is 0.349 e. The summed E-state index contributed by atoms with van der Waals surface area (Å²) in [7, 11) is 0. The normalized spacial score (nSPS) is 12.3. The fourth-order valence-corrected chi connectivity index (χ4v) is 3.45. The minimum Gasteiger partial charge on any atom is -0.349 e. The average molecular weight is 441 g/mol. The highest BCUT2D eigenvalue weighted by Crippen LogP contribution is 2.31. The van der Waals surface area contributed by atoms with Crippen molar-refractivity contribution in [2.75, 3.05) is 4.90 Å². The molecule has 0 saturated carbocycles. The van der Waals surface area contributed by atoms with Crippen molar-refractivity contribution >= 4 is 29.0 Å². The molecule has 0 spiro atoms. The molecule has 3 rings (SSSR count). The molecule has 0 saturated heterocycles. The van der Waals surface area contributed by atoms with Crippen molar-refractivity contribution in [1.82, 2.24) is 14.9 Å². The number of anilines is 1. The number of carbonyl (C=O) groups excluding carboxylic acids is 2. The van der Waals surface area contributed by atoms with Crippen LogP contribution in [0.3, 0.4) is 0 Å². The minimum atomic E-state index is -0.980. The number of aromatic nitrogens is 2. The van der Waals surface area contributed by atoms with Crippen LogP contribution in [0.2, 0.25) is 0 Å². The van der Waals surface area contributed by atoms with Gasteiger partial charge in [-0.3, -0.25) is 14.5 Å². The summed E-state index contributed by atoms with van der Waals surface area (Å²) in [6, 6.07) is 11.9. The Morgan fingerprint density at radius 1 is 1.13 bits per heavy atom. The van der Waals surface area contributed by atoms with Gasteiger partial charge in [0.25, 0.3) is 5.91 Å². The number of nitrogens with zero attached hydrogens (tertiary/aromatic N) is 3. The number of rotatable bonds is 7. The molecule has 0 aliphatic rings. The molecule has 1 N–H and O–H groups in total. The topological polar surface area (TPSA) is 75.2 Å². The third-order valence-corrected chi connectivity index (χ3v) is 5.65. The summed E-state index contributed by atoms with van der Waals surface area (Å²) in [6.45, 7) is 7.77. The van der Waals surface area contributed by atoms with E-state index in [1.807, 2.05) is 52.0 Å². The zero-order valence-electron chi connectivity index (χ0n) is 17.9. The first kappa shape index (κ1) is 22.6. The maximum atomic E-state index is 13.6. The van der Waals surface area contributed by atoms with Crippen molar-refractivity contribution < 1.29 is 14.0 Å². The number of hydrogen-bond acceptors (Lipinski definition) is 5. The molecular weight excluding hydrogens is 415 g/mol. The van der Waals surface area contributed by atoms with E-state index in [2.05, 4.69) is 14.9 Å². The third kappa shape index (κ3) is 5.32. The first-order chi connectivity index (χ1) is 14.7. The number of nitrogens with one attached hydrogen (secondary N) is 1. The van der Waals surface area contributed by atoms with E-state index in [1.54, 1.807) is 0 Å². The Bertz CT molecular complexity index is 1030. The fourth-order valence-electron chi connectivity index (χ4n) is 3.02. The van der Waals surface area contributed by atoms with Crippen molar-refractivity contribution in [2.24, 2.45) is 0 Å².